The highest BCUT2D eigenvalue weighted by Gasteiger charge is 2.30. The number of hydrogen-bond donors (Lipinski definition) is 1. The summed E-state index contributed by atoms with van der Waals surface area (Å²) in [7, 11) is 0. The van der Waals surface area contributed by atoms with Crippen molar-refractivity contribution in [2.75, 3.05) is 19.6 Å². The predicted octanol–water partition coefficient (Wildman–Crippen LogP) is 2.13. The zero-order valence-corrected chi connectivity index (χ0v) is 11.9. The lowest BCUT2D eigenvalue weighted by atomic mass is 10.0. The average Bonchev–Trinajstić information content (AvgIpc) is 3.17. The van der Waals surface area contributed by atoms with Gasteiger partial charge in [-0.3, -0.25) is 9.78 Å². The van der Waals surface area contributed by atoms with Crippen LogP contribution in [0.2, 0.25) is 0 Å². The van der Waals surface area contributed by atoms with E-state index in [0.717, 1.165) is 38.9 Å². The second-order valence-electron chi connectivity index (χ2n) is 5.93. The van der Waals surface area contributed by atoms with Gasteiger partial charge in [-0.15, -0.1) is 0 Å². The molecule has 3 heterocycles. The standard InChI is InChI=1S/C16H23N3O/c20-16(6-5-13-7-9-18-11-13)19-10-2-4-15(19)14-3-1-8-17-12-14/h1,3,8,12-13,15,18H,2,4-7,9-11H2. The first-order chi connectivity index (χ1) is 9.84. The van der Waals surface area contributed by atoms with Crippen molar-refractivity contribution in [3.05, 3.63) is 30.1 Å². The molecule has 2 unspecified atom stereocenters. The maximum absolute atomic E-state index is 12.5. The van der Waals surface area contributed by atoms with Crippen molar-refractivity contribution in [1.82, 2.24) is 15.2 Å². The van der Waals surface area contributed by atoms with Crippen LogP contribution in [0.15, 0.2) is 24.5 Å². The lowest BCUT2D eigenvalue weighted by Crippen LogP contribution is -2.30. The van der Waals surface area contributed by atoms with Gasteiger partial charge in [-0.1, -0.05) is 6.07 Å². The highest BCUT2D eigenvalue weighted by atomic mass is 16.2. The third kappa shape index (κ3) is 3.01. The van der Waals surface area contributed by atoms with E-state index < -0.39 is 0 Å². The molecule has 2 saturated heterocycles. The average molecular weight is 273 g/mol. The summed E-state index contributed by atoms with van der Waals surface area (Å²) in [6, 6.07) is 4.29. The molecule has 4 nitrogen and oxygen atoms in total. The Morgan fingerprint density at radius 1 is 1.45 bits per heavy atom. The minimum atomic E-state index is 0.248. The molecule has 0 spiro atoms. The number of pyridine rings is 1. The van der Waals surface area contributed by atoms with Gasteiger partial charge in [0.2, 0.25) is 5.91 Å². The Morgan fingerprint density at radius 2 is 2.40 bits per heavy atom. The van der Waals surface area contributed by atoms with E-state index in [-0.39, 0.29) is 6.04 Å². The number of amides is 1. The number of aromatic nitrogens is 1. The fraction of sp³-hybridized carbons (Fsp3) is 0.625. The van der Waals surface area contributed by atoms with Gasteiger partial charge in [0.25, 0.3) is 0 Å². The van der Waals surface area contributed by atoms with Crippen molar-refractivity contribution in [2.45, 2.75) is 38.1 Å². The van der Waals surface area contributed by atoms with Crippen LogP contribution in [0.4, 0.5) is 0 Å². The predicted molar refractivity (Wildman–Crippen MR) is 78.1 cm³/mol. The van der Waals surface area contributed by atoms with Crippen LogP contribution in [-0.2, 0) is 4.79 Å². The summed E-state index contributed by atoms with van der Waals surface area (Å²) >= 11 is 0. The highest BCUT2D eigenvalue weighted by Crippen LogP contribution is 2.32. The Kier molecular flexibility index (Phi) is 4.31. The lowest BCUT2D eigenvalue weighted by Gasteiger charge is -2.25. The molecule has 108 valence electrons. The van der Waals surface area contributed by atoms with Gasteiger partial charge in [0.1, 0.15) is 0 Å². The molecule has 1 aromatic rings. The number of nitrogens with zero attached hydrogens (tertiary/aromatic N) is 2. The molecule has 2 aliphatic rings. The maximum atomic E-state index is 12.5. The molecule has 2 fully saturated rings. The van der Waals surface area contributed by atoms with Crippen LogP contribution in [0.5, 0.6) is 0 Å². The van der Waals surface area contributed by atoms with Crippen LogP contribution >= 0.6 is 0 Å². The summed E-state index contributed by atoms with van der Waals surface area (Å²) in [4.78, 5) is 18.7. The van der Waals surface area contributed by atoms with Crippen molar-refractivity contribution in [2.24, 2.45) is 5.92 Å². The van der Waals surface area contributed by atoms with E-state index in [4.69, 9.17) is 0 Å². The summed E-state index contributed by atoms with van der Waals surface area (Å²) in [5, 5.41) is 3.37. The quantitative estimate of drug-likeness (QED) is 0.914. The Balaban J connectivity index is 1.58. The monoisotopic (exact) mass is 273 g/mol. The number of carbonyl (C=O) groups excluding carboxylic acids is 1. The maximum Gasteiger partial charge on any atom is 0.223 e. The molecule has 20 heavy (non-hydrogen) atoms. The Hall–Kier alpha value is -1.42. The third-order valence-corrected chi connectivity index (χ3v) is 4.57. The van der Waals surface area contributed by atoms with Crippen LogP contribution in [0, 0.1) is 5.92 Å². The summed E-state index contributed by atoms with van der Waals surface area (Å²) in [6.45, 7) is 3.10. The van der Waals surface area contributed by atoms with E-state index >= 15 is 0 Å². The molecule has 1 aromatic heterocycles. The molecule has 0 radical (unpaired) electrons. The van der Waals surface area contributed by atoms with Crippen molar-refractivity contribution < 1.29 is 4.79 Å². The minimum Gasteiger partial charge on any atom is -0.336 e. The fourth-order valence-electron chi connectivity index (χ4n) is 3.42. The zero-order chi connectivity index (χ0) is 13.8. The number of likely N-dealkylation sites (tertiary alicyclic amines) is 1. The Labute approximate surface area is 120 Å². The zero-order valence-electron chi connectivity index (χ0n) is 11.9. The van der Waals surface area contributed by atoms with E-state index in [1.807, 2.05) is 12.3 Å². The molecule has 0 aliphatic carbocycles. The van der Waals surface area contributed by atoms with Gasteiger partial charge in [0, 0.05) is 25.4 Å². The molecule has 2 aliphatic heterocycles. The SMILES string of the molecule is O=C(CCC1CCNC1)N1CCCC1c1cccnc1. The summed E-state index contributed by atoms with van der Waals surface area (Å²) in [5.74, 6) is 1.02. The van der Waals surface area contributed by atoms with Gasteiger partial charge in [-0.2, -0.15) is 0 Å². The van der Waals surface area contributed by atoms with Gasteiger partial charge in [0.15, 0.2) is 0 Å². The third-order valence-electron chi connectivity index (χ3n) is 4.57. The normalized spacial score (nSPS) is 26.1. The highest BCUT2D eigenvalue weighted by molar-refractivity contribution is 5.77. The van der Waals surface area contributed by atoms with Crippen LogP contribution in [0.3, 0.4) is 0 Å². The second kappa shape index (κ2) is 6.35. The molecule has 2 atom stereocenters. The smallest absolute Gasteiger partial charge is 0.223 e. The first kappa shape index (κ1) is 13.6. The van der Waals surface area contributed by atoms with E-state index in [0.29, 0.717) is 18.2 Å². The van der Waals surface area contributed by atoms with E-state index in [9.17, 15) is 4.79 Å². The van der Waals surface area contributed by atoms with Gasteiger partial charge in [-0.05, 0) is 56.3 Å². The summed E-state index contributed by atoms with van der Waals surface area (Å²) < 4.78 is 0. The summed E-state index contributed by atoms with van der Waals surface area (Å²) in [5.41, 5.74) is 1.18. The summed E-state index contributed by atoms with van der Waals surface area (Å²) in [6.07, 6.45) is 8.82. The molecule has 0 saturated carbocycles. The molecule has 4 heteroatoms. The molecule has 0 aromatic carbocycles. The van der Waals surface area contributed by atoms with Crippen LogP contribution in [0.1, 0.15) is 43.7 Å². The number of nitrogens with one attached hydrogen (secondary N) is 1. The van der Waals surface area contributed by atoms with Gasteiger partial charge in [0.05, 0.1) is 6.04 Å². The van der Waals surface area contributed by atoms with E-state index in [1.165, 1.54) is 12.0 Å². The molecule has 1 amide bonds. The lowest BCUT2D eigenvalue weighted by molar-refractivity contribution is -0.132. The molecule has 3 rings (SSSR count). The Morgan fingerprint density at radius 3 is 3.15 bits per heavy atom. The minimum absolute atomic E-state index is 0.248. The van der Waals surface area contributed by atoms with Gasteiger partial charge >= 0.3 is 0 Å². The van der Waals surface area contributed by atoms with Gasteiger partial charge in [-0.25, -0.2) is 0 Å². The van der Waals surface area contributed by atoms with Crippen molar-refractivity contribution in [3.8, 4) is 0 Å². The van der Waals surface area contributed by atoms with Crippen LogP contribution in [0.25, 0.3) is 0 Å². The first-order valence-corrected chi connectivity index (χ1v) is 7.74. The molecular weight excluding hydrogens is 250 g/mol. The number of carbonyl (C=O) groups is 1. The van der Waals surface area contributed by atoms with Crippen molar-refractivity contribution in [3.63, 3.8) is 0 Å². The van der Waals surface area contributed by atoms with Crippen LogP contribution < -0.4 is 5.32 Å². The largest absolute Gasteiger partial charge is 0.336 e. The molecule has 1 N–H and O–H groups in total. The van der Waals surface area contributed by atoms with Crippen molar-refractivity contribution in [1.29, 1.82) is 0 Å². The first-order valence-electron chi connectivity index (χ1n) is 7.74. The Bertz CT molecular complexity index is 442. The molecular formula is C16H23N3O. The molecule has 0 bridgehead atoms. The van der Waals surface area contributed by atoms with Crippen molar-refractivity contribution >= 4 is 5.91 Å². The fourth-order valence-corrected chi connectivity index (χ4v) is 3.42. The topological polar surface area (TPSA) is 45.2 Å². The van der Waals surface area contributed by atoms with Gasteiger partial charge < -0.3 is 10.2 Å². The number of hydrogen-bond acceptors (Lipinski definition) is 3. The second-order valence-corrected chi connectivity index (χ2v) is 5.93. The van der Waals surface area contributed by atoms with E-state index in [1.54, 1.807) is 6.20 Å². The van der Waals surface area contributed by atoms with E-state index in [2.05, 4.69) is 21.3 Å². The number of rotatable bonds is 4. The van der Waals surface area contributed by atoms with Crippen LogP contribution in [-0.4, -0.2) is 35.4 Å².